The lowest BCUT2D eigenvalue weighted by molar-refractivity contribution is -0.143. The summed E-state index contributed by atoms with van der Waals surface area (Å²) in [6.07, 6.45) is 2.61. The van der Waals surface area contributed by atoms with Gasteiger partial charge in [-0.05, 0) is 42.8 Å². The molecule has 2 atom stereocenters. The molecule has 0 radical (unpaired) electrons. The SMILES string of the molecule is C=CC(=O)N1CCN(C(C)=O)[C@H](c2cc(Cl)cc(-c3ccnc(C(=O)NC)c3)c2F)[C@H]1C. The third kappa shape index (κ3) is 4.36. The summed E-state index contributed by atoms with van der Waals surface area (Å²) in [6, 6.07) is 4.71. The van der Waals surface area contributed by atoms with Gasteiger partial charge in [-0.3, -0.25) is 19.4 Å². The second-order valence-corrected chi connectivity index (χ2v) is 7.94. The summed E-state index contributed by atoms with van der Waals surface area (Å²) in [4.78, 5) is 43.8. The lowest BCUT2D eigenvalue weighted by atomic mass is 9.91. The van der Waals surface area contributed by atoms with Gasteiger partial charge in [0.2, 0.25) is 11.8 Å². The molecule has 0 aliphatic carbocycles. The Morgan fingerprint density at radius 1 is 1.25 bits per heavy atom. The van der Waals surface area contributed by atoms with Crippen molar-refractivity contribution in [3.05, 3.63) is 65.2 Å². The molecule has 1 aliphatic rings. The van der Waals surface area contributed by atoms with E-state index in [0.717, 1.165) is 0 Å². The lowest BCUT2D eigenvalue weighted by Gasteiger charge is -2.46. The van der Waals surface area contributed by atoms with Gasteiger partial charge < -0.3 is 15.1 Å². The fraction of sp³-hybridized carbons (Fsp3) is 0.304. The maximum atomic E-state index is 15.9. The van der Waals surface area contributed by atoms with E-state index in [4.69, 9.17) is 11.6 Å². The molecule has 3 amide bonds. The standard InChI is InChI=1S/C23H24ClFN4O3/c1-5-20(31)28-8-9-29(14(3)30)22(13(28)2)18-12-16(24)11-17(21(18)25)15-6-7-27-19(10-15)23(32)26-4/h5-7,10-13,22H,1,8-9H2,2-4H3,(H,26,32)/t13-,22+/m1/s1. The Bertz CT molecular complexity index is 1090. The Morgan fingerprint density at radius 3 is 2.56 bits per heavy atom. The Morgan fingerprint density at radius 2 is 1.94 bits per heavy atom. The van der Waals surface area contributed by atoms with E-state index in [2.05, 4.69) is 16.9 Å². The second-order valence-electron chi connectivity index (χ2n) is 7.50. The summed E-state index contributed by atoms with van der Waals surface area (Å²) in [7, 11) is 1.48. The highest BCUT2D eigenvalue weighted by Gasteiger charge is 2.39. The Kier molecular flexibility index (Phi) is 6.93. The molecular formula is C23H24ClFN4O3. The molecule has 1 fully saturated rings. The van der Waals surface area contributed by atoms with Gasteiger partial charge in [-0.1, -0.05) is 18.2 Å². The minimum absolute atomic E-state index is 0.130. The summed E-state index contributed by atoms with van der Waals surface area (Å²) >= 11 is 6.36. The number of rotatable bonds is 4. The van der Waals surface area contributed by atoms with Gasteiger partial charge in [-0.2, -0.15) is 0 Å². The fourth-order valence-electron chi connectivity index (χ4n) is 4.08. The summed E-state index contributed by atoms with van der Waals surface area (Å²) in [5.74, 6) is -1.52. The van der Waals surface area contributed by atoms with Crippen molar-refractivity contribution in [2.45, 2.75) is 25.9 Å². The van der Waals surface area contributed by atoms with Crippen LogP contribution in [0.5, 0.6) is 0 Å². The zero-order chi connectivity index (χ0) is 23.6. The summed E-state index contributed by atoms with van der Waals surface area (Å²) in [5, 5.41) is 2.74. The van der Waals surface area contributed by atoms with E-state index in [1.807, 2.05) is 0 Å². The number of halogens is 2. The first-order chi connectivity index (χ1) is 15.2. The van der Waals surface area contributed by atoms with Gasteiger partial charge in [0.1, 0.15) is 11.5 Å². The third-order valence-electron chi connectivity index (χ3n) is 5.64. The normalized spacial score (nSPS) is 18.3. The van der Waals surface area contributed by atoms with E-state index in [1.165, 1.54) is 44.4 Å². The maximum absolute atomic E-state index is 15.9. The fourth-order valence-corrected chi connectivity index (χ4v) is 4.31. The van der Waals surface area contributed by atoms with Crippen molar-refractivity contribution in [1.29, 1.82) is 0 Å². The van der Waals surface area contributed by atoms with E-state index >= 15 is 4.39 Å². The highest BCUT2D eigenvalue weighted by Crippen LogP contribution is 2.38. The zero-order valence-electron chi connectivity index (χ0n) is 18.1. The Labute approximate surface area is 190 Å². The molecule has 0 spiro atoms. The molecule has 2 aromatic rings. The number of nitrogens with zero attached hydrogens (tertiary/aromatic N) is 3. The van der Waals surface area contributed by atoms with Crippen molar-refractivity contribution in [2.24, 2.45) is 0 Å². The van der Waals surface area contributed by atoms with Crippen LogP contribution >= 0.6 is 11.6 Å². The van der Waals surface area contributed by atoms with Crippen molar-refractivity contribution in [3.63, 3.8) is 0 Å². The number of pyridine rings is 1. The summed E-state index contributed by atoms with van der Waals surface area (Å²) < 4.78 is 15.9. The topological polar surface area (TPSA) is 82.6 Å². The van der Waals surface area contributed by atoms with Crippen molar-refractivity contribution >= 4 is 29.3 Å². The first-order valence-corrected chi connectivity index (χ1v) is 10.4. The first-order valence-electron chi connectivity index (χ1n) is 10.1. The van der Waals surface area contributed by atoms with Crippen LogP contribution < -0.4 is 5.32 Å². The number of benzene rings is 1. The van der Waals surface area contributed by atoms with Crippen LogP contribution in [0, 0.1) is 5.82 Å². The number of carbonyl (C=O) groups is 3. The second kappa shape index (κ2) is 9.48. The van der Waals surface area contributed by atoms with E-state index in [1.54, 1.807) is 22.8 Å². The Balaban J connectivity index is 2.16. The summed E-state index contributed by atoms with van der Waals surface area (Å²) in [5.41, 5.74) is 0.903. The molecule has 7 nitrogen and oxygen atoms in total. The van der Waals surface area contributed by atoms with Gasteiger partial charge in [-0.25, -0.2) is 4.39 Å². The van der Waals surface area contributed by atoms with Crippen molar-refractivity contribution < 1.29 is 18.8 Å². The van der Waals surface area contributed by atoms with E-state index < -0.39 is 23.8 Å². The van der Waals surface area contributed by atoms with Gasteiger partial charge in [-0.15, -0.1) is 0 Å². The minimum atomic E-state index is -0.747. The lowest BCUT2D eigenvalue weighted by Crippen LogP contribution is -2.56. The van der Waals surface area contributed by atoms with Crippen molar-refractivity contribution in [3.8, 4) is 11.1 Å². The maximum Gasteiger partial charge on any atom is 0.269 e. The number of amides is 3. The van der Waals surface area contributed by atoms with Crippen LogP contribution in [0.4, 0.5) is 4.39 Å². The molecule has 2 heterocycles. The zero-order valence-corrected chi connectivity index (χ0v) is 18.8. The summed E-state index contributed by atoms with van der Waals surface area (Å²) in [6.45, 7) is 7.27. The molecule has 0 unspecified atom stereocenters. The molecule has 1 aromatic heterocycles. The molecule has 1 aromatic carbocycles. The molecule has 0 bridgehead atoms. The van der Waals surface area contributed by atoms with Crippen LogP contribution in [-0.4, -0.2) is 58.7 Å². The van der Waals surface area contributed by atoms with Crippen LogP contribution in [0.25, 0.3) is 11.1 Å². The van der Waals surface area contributed by atoms with Gasteiger partial charge >= 0.3 is 0 Å². The van der Waals surface area contributed by atoms with Crippen LogP contribution in [0.3, 0.4) is 0 Å². The van der Waals surface area contributed by atoms with Crippen molar-refractivity contribution in [2.75, 3.05) is 20.1 Å². The predicted molar refractivity (Wildman–Crippen MR) is 120 cm³/mol. The number of nitrogens with one attached hydrogen (secondary N) is 1. The van der Waals surface area contributed by atoms with Crippen LogP contribution in [-0.2, 0) is 9.59 Å². The van der Waals surface area contributed by atoms with Crippen LogP contribution in [0.1, 0.15) is 35.9 Å². The minimum Gasteiger partial charge on any atom is -0.354 e. The Hall–Kier alpha value is -3.26. The number of piperazine rings is 1. The van der Waals surface area contributed by atoms with Gasteiger partial charge in [0.05, 0.1) is 12.1 Å². The number of aromatic nitrogens is 1. The molecule has 168 valence electrons. The molecule has 3 rings (SSSR count). The average molecular weight is 459 g/mol. The predicted octanol–water partition coefficient (Wildman–Crippen LogP) is 3.21. The molecular weight excluding hydrogens is 435 g/mol. The van der Waals surface area contributed by atoms with Gasteiger partial charge in [0, 0.05) is 49.4 Å². The molecule has 1 saturated heterocycles. The number of hydrogen-bond acceptors (Lipinski definition) is 4. The largest absolute Gasteiger partial charge is 0.354 e. The van der Waals surface area contributed by atoms with E-state index in [9.17, 15) is 14.4 Å². The quantitative estimate of drug-likeness (QED) is 0.713. The molecule has 9 heteroatoms. The molecule has 32 heavy (non-hydrogen) atoms. The average Bonchev–Trinajstić information content (AvgIpc) is 2.79. The van der Waals surface area contributed by atoms with Gasteiger partial charge in [0.15, 0.2) is 0 Å². The van der Waals surface area contributed by atoms with E-state index in [-0.39, 0.29) is 40.2 Å². The first kappa shape index (κ1) is 23.4. The monoisotopic (exact) mass is 458 g/mol. The molecule has 0 saturated carbocycles. The van der Waals surface area contributed by atoms with Crippen molar-refractivity contribution in [1.82, 2.24) is 20.1 Å². The smallest absolute Gasteiger partial charge is 0.269 e. The number of hydrogen-bond donors (Lipinski definition) is 1. The van der Waals surface area contributed by atoms with Crippen LogP contribution in [0.2, 0.25) is 5.02 Å². The highest BCUT2D eigenvalue weighted by atomic mass is 35.5. The molecule has 1 aliphatic heterocycles. The number of carbonyl (C=O) groups excluding carboxylic acids is 3. The highest BCUT2D eigenvalue weighted by molar-refractivity contribution is 6.31. The van der Waals surface area contributed by atoms with E-state index in [0.29, 0.717) is 12.1 Å². The molecule has 1 N–H and O–H groups in total. The van der Waals surface area contributed by atoms with Crippen LogP contribution in [0.15, 0.2) is 43.1 Å². The third-order valence-corrected chi connectivity index (χ3v) is 5.86. The van der Waals surface area contributed by atoms with Gasteiger partial charge in [0.25, 0.3) is 5.91 Å².